The van der Waals surface area contributed by atoms with E-state index in [-0.39, 0.29) is 11.7 Å². The lowest BCUT2D eigenvalue weighted by Gasteiger charge is -2.44. The van der Waals surface area contributed by atoms with E-state index < -0.39 is 11.7 Å². The van der Waals surface area contributed by atoms with Gasteiger partial charge in [-0.05, 0) is 77.2 Å². The molecule has 2 heterocycles. The average Bonchev–Trinajstić information content (AvgIpc) is 3.19. The summed E-state index contributed by atoms with van der Waals surface area (Å²) in [6.45, 7) is 3.99. The average molecular weight is 524 g/mol. The number of benzene rings is 3. The maximum atomic E-state index is 14.5. The predicted molar refractivity (Wildman–Crippen MR) is 149 cm³/mol. The van der Waals surface area contributed by atoms with E-state index >= 15 is 0 Å². The molecule has 0 N–H and O–H groups in total. The van der Waals surface area contributed by atoms with Gasteiger partial charge in [0.1, 0.15) is 17.8 Å². The predicted octanol–water partition coefficient (Wildman–Crippen LogP) is 5.79. The number of ether oxygens (including phenoxy) is 3. The van der Waals surface area contributed by atoms with Gasteiger partial charge in [-0.2, -0.15) is 0 Å². The van der Waals surface area contributed by atoms with E-state index in [2.05, 4.69) is 0 Å². The number of aldehydes is 1. The molecule has 7 heteroatoms. The second kappa shape index (κ2) is 10.3. The molecule has 3 aromatic rings. The molecule has 3 aromatic carbocycles. The maximum Gasteiger partial charge on any atom is 0.342 e. The minimum absolute atomic E-state index is 0.0351. The third kappa shape index (κ3) is 4.40. The van der Waals surface area contributed by atoms with Gasteiger partial charge in [0, 0.05) is 6.42 Å². The molecule has 1 atom stereocenters. The number of Topliss-reactive ketones (excluding diaryl/α,β-unsaturated/α-hetero) is 1. The third-order valence-corrected chi connectivity index (χ3v) is 6.94. The Morgan fingerprint density at radius 2 is 1.51 bits per heavy atom. The van der Waals surface area contributed by atoms with Gasteiger partial charge < -0.3 is 14.2 Å². The summed E-state index contributed by atoms with van der Waals surface area (Å²) in [7, 11) is 3.19. The normalized spacial score (nSPS) is 18.3. The summed E-state index contributed by atoms with van der Waals surface area (Å²) in [5.74, 6) is 0.518. The Kier molecular flexibility index (Phi) is 6.83. The summed E-state index contributed by atoms with van der Waals surface area (Å²) in [5.41, 5.74) is 2.55. The van der Waals surface area contributed by atoms with Gasteiger partial charge in [-0.25, -0.2) is 4.79 Å². The zero-order valence-corrected chi connectivity index (χ0v) is 22.3. The number of allylic oxidation sites excluding steroid dienone is 1. The van der Waals surface area contributed by atoms with E-state index in [1.165, 1.54) is 6.08 Å². The number of fused-ring (bicyclic) bond motifs is 3. The van der Waals surface area contributed by atoms with Gasteiger partial charge in [0.25, 0.3) is 5.72 Å². The highest BCUT2D eigenvalue weighted by Gasteiger charge is 2.60. The number of ketones is 1. The van der Waals surface area contributed by atoms with Crippen LogP contribution in [0.5, 0.6) is 11.5 Å². The van der Waals surface area contributed by atoms with Crippen LogP contribution in [0.25, 0.3) is 17.3 Å². The molecule has 0 fully saturated rings. The second-order valence-corrected chi connectivity index (χ2v) is 9.89. The summed E-state index contributed by atoms with van der Waals surface area (Å²) < 4.78 is 16.9. The topological polar surface area (TPSA) is 82.1 Å². The molecule has 0 saturated heterocycles. The largest absolute Gasteiger partial charge is 0.497 e. The SMILES string of the molecule is COc1ccc(C2=C(c3ccc(OC)cc3)N3c4ccc(/C=C/C=O)cc4C(=O)OC3(CC(C)C)C2=O)cc1. The van der Waals surface area contributed by atoms with Crippen molar-refractivity contribution >= 4 is 41.1 Å². The van der Waals surface area contributed by atoms with Crippen molar-refractivity contribution in [3.63, 3.8) is 0 Å². The molecule has 7 nitrogen and oxygen atoms in total. The highest BCUT2D eigenvalue weighted by molar-refractivity contribution is 6.38. The highest BCUT2D eigenvalue weighted by Crippen LogP contribution is 2.53. The molecule has 0 aliphatic carbocycles. The van der Waals surface area contributed by atoms with E-state index in [9.17, 15) is 14.4 Å². The molecule has 0 radical (unpaired) electrons. The van der Waals surface area contributed by atoms with Gasteiger partial charge in [-0.3, -0.25) is 14.5 Å². The first-order chi connectivity index (χ1) is 18.8. The van der Waals surface area contributed by atoms with Crippen LogP contribution in [0.2, 0.25) is 0 Å². The first-order valence-electron chi connectivity index (χ1n) is 12.7. The lowest BCUT2D eigenvalue weighted by atomic mass is 9.90. The van der Waals surface area contributed by atoms with E-state index in [1.807, 2.05) is 67.3 Å². The van der Waals surface area contributed by atoms with Gasteiger partial charge in [0.2, 0.25) is 5.78 Å². The molecule has 2 aliphatic rings. The first-order valence-corrected chi connectivity index (χ1v) is 12.7. The monoisotopic (exact) mass is 523 g/mol. The molecule has 5 rings (SSSR count). The van der Waals surface area contributed by atoms with Crippen molar-refractivity contribution in [1.82, 2.24) is 0 Å². The van der Waals surface area contributed by atoms with E-state index in [4.69, 9.17) is 14.2 Å². The number of carbonyl (C=O) groups excluding carboxylic acids is 3. The fourth-order valence-electron chi connectivity index (χ4n) is 5.31. The first kappa shape index (κ1) is 26.0. The number of esters is 1. The van der Waals surface area contributed by atoms with Crippen LogP contribution in [0, 0.1) is 5.92 Å². The Balaban J connectivity index is 1.81. The molecule has 39 heavy (non-hydrogen) atoms. The zero-order chi connectivity index (χ0) is 27.7. The van der Waals surface area contributed by atoms with Gasteiger partial charge in [-0.15, -0.1) is 0 Å². The molecule has 0 aromatic heterocycles. The van der Waals surface area contributed by atoms with Crippen LogP contribution >= 0.6 is 0 Å². The number of nitrogens with zero attached hydrogens (tertiary/aromatic N) is 1. The number of carbonyl (C=O) groups is 3. The van der Waals surface area contributed by atoms with E-state index in [0.717, 1.165) is 5.56 Å². The van der Waals surface area contributed by atoms with Crippen LogP contribution in [-0.4, -0.2) is 38.0 Å². The Bertz CT molecular complexity index is 1500. The summed E-state index contributed by atoms with van der Waals surface area (Å²) >= 11 is 0. The van der Waals surface area contributed by atoms with Crippen molar-refractivity contribution in [3.05, 3.63) is 95.1 Å². The molecular weight excluding hydrogens is 494 g/mol. The number of hydrogen-bond donors (Lipinski definition) is 0. The molecular formula is C32H29NO6. The molecule has 0 spiro atoms. The van der Waals surface area contributed by atoms with Gasteiger partial charge in [0.15, 0.2) is 0 Å². The summed E-state index contributed by atoms with van der Waals surface area (Å²) in [4.78, 5) is 40.8. The molecule has 0 amide bonds. The van der Waals surface area contributed by atoms with E-state index in [0.29, 0.717) is 57.9 Å². The van der Waals surface area contributed by atoms with Gasteiger partial charge >= 0.3 is 5.97 Å². The van der Waals surface area contributed by atoms with Crippen molar-refractivity contribution in [2.45, 2.75) is 26.0 Å². The fourth-order valence-corrected chi connectivity index (χ4v) is 5.31. The quantitative estimate of drug-likeness (QED) is 0.210. The van der Waals surface area contributed by atoms with Gasteiger partial charge in [0.05, 0.1) is 36.7 Å². The van der Waals surface area contributed by atoms with Crippen LogP contribution in [0.4, 0.5) is 5.69 Å². The molecule has 0 bridgehead atoms. The van der Waals surface area contributed by atoms with Gasteiger partial charge in [-0.1, -0.05) is 38.1 Å². The maximum absolute atomic E-state index is 14.5. The number of methoxy groups -OCH3 is 2. The van der Waals surface area contributed by atoms with Crippen molar-refractivity contribution < 1.29 is 28.6 Å². The Morgan fingerprint density at radius 1 is 0.897 bits per heavy atom. The van der Waals surface area contributed by atoms with Crippen LogP contribution in [0.15, 0.2) is 72.8 Å². The number of anilines is 1. The Labute approximate surface area is 227 Å². The minimum Gasteiger partial charge on any atom is -0.497 e. The smallest absolute Gasteiger partial charge is 0.342 e. The molecule has 0 saturated carbocycles. The standard InChI is InChI=1S/C32H29NO6/c1-20(2)19-32-30(35)28(22-8-12-24(37-3)13-9-22)29(23-10-14-25(38-4)15-11-23)33(32)27-16-7-21(6-5-17-34)18-26(27)31(36)39-32/h5-18,20H,19H2,1-4H3/b6-5+. The van der Waals surface area contributed by atoms with Crippen LogP contribution in [0.3, 0.4) is 0 Å². The number of hydrogen-bond acceptors (Lipinski definition) is 7. The number of rotatable bonds is 8. The van der Waals surface area contributed by atoms with Crippen LogP contribution < -0.4 is 14.4 Å². The molecule has 198 valence electrons. The highest BCUT2D eigenvalue weighted by atomic mass is 16.6. The van der Waals surface area contributed by atoms with Crippen LogP contribution in [0.1, 0.15) is 47.3 Å². The fraction of sp³-hybridized carbons (Fsp3) is 0.219. The Morgan fingerprint density at radius 3 is 2.08 bits per heavy atom. The van der Waals surface area contributed by atoms with Crippen LogP contribution in [-0.2, 0) is 14.3 Å². The second-order valence-electron chi connectivity index (χ2n) is 9.89. The lowest BCUT2D eigenvalue weighted by Crippen LogP contribution is -2.56. The summed E-state index contributed by atoms with van der Waals surface area (Å²) in [6.07, 6.45) is 3.96. The zero-order valence-electron chi connectivity index (χ0n) is 22.3. The summed E-state index contributed by atoms with van der Waals surface area (Å²) in [6, 6.07) is 20.1. The van der Waals surface area contributed by atoms with Crippen molar-refractivity contribution in [2.75, 3.05) is 19.1 Å². The Hall–Kier alpha value is -4.65. The molecule has 1 unspecified atom stereocenters. The molecule has 2 aliphatic heterocycles. The lowest BCUT2D eigenvalue weighted by molar-refractivity contribution is -0.132. The third-order valence-electron chi connectivity index (χ3n) is 6.94. The van der Waals surface area contributed by atoms with Crippen molar-refractivity contribution in [2.24, 2.45) is 5.92 Å². The van der Waals surface area contributed by atoms with E-state index in [1.54, 1.807) is 38.5 Å². The van der Waals surface area contributed by atoms with Crippen molar-refractivity contribution in [3.8, 4) is 11.5 Å². The van der Waals surface area contributed by atoms with Crippen molar-refractivity contribution in [1.29, 1.82) is 0 Å². The summed E-state index contributed by atoms with van der Waals surface area (Å²) in [5, 5.41) is 0. The minimum atomic E-state index is -1.55.